The van der Waals surface area contributed by atoms with Gasteiger partial charge in [0.15, 0.2) is 11.5 Å². The van der Waals surface area contributed by atoms with Crippen LogP contribution in [0.15, 0.2) is 48.7 Å². The summed E-state index contributed by atoms with van der Waals surface area (Å²) in [4.78, 5) is 12.6. The normalized spacial score (nSPS) is 10.5. The van der Waals surface area contributed by atoms with Crippen LogP contribution in [0.4, 0.5) is 0 Å². The number of carbonyl (C=O) groups is 1. The van der Waals surface area contributed by atoms with Gasteiger partial charge in [0.2, 0.25) is 0 Å². The lowest BCUT2D eigenvalue weighted by Crippen LogP contribution is -2.23. The van der Waals surface area contributed by atoms with Crippen LogP contribution in [0, 0.1) is 0 Å². The van der Waals surface area contributed by atoms with Crippen molar-refractivity contribution in [1.29, 1.82) is 0 Å². The van der Waals surface area contributed by atoms with Crippen LogP contribution in [0.5, 0.6) is 11.5 Å². The van der Waals surface area contributed by atoms with Gasteiger partial charge >= 0.3 is 0 Å². The zero-order valence-corrected chi connectivity index (χ0v) is 15.8. The Morgan fingerprint density at radius 2 is 2.07 bits per heavy atom. The fourth-order valence-electron chi connectivity index (χ4n) is 2.70. The third-order valence-corrected chi connectivity index (χ3v) is 4.21. The molecule has 140 valence electrons. The SMILES string of the molecule is CCOc1cc(CNC(=O)c2cn[nH]c2-c2cccc(Cl)c2)ccc1OC. The molecule has 1 amide bonds. The van der Waals surface area contributed by atoms with Crippen molar-refractivity contribution in [2.75, 3.05) is 13.7 Å². The number of amides is 1. The van der Waals surface area contributed by atoms with Crippen molar-refractivity contribution in [2.45, 2.75) is 13.5 Å². The summed E-state index contributed by atoms with van der Waals surface area (Å²) in [5.74, 6) is 1.08. The summed E-state index contributed by atoms with van der Waals surface area (Å²) in [5.41, 5.74) is 2.78. The molecule has 0 radical (unpaired) electrons. The lowest BCUT2D eigenvalue weighted by atomic mass is 10.1. The third-order valence-electron chi connectivity index (χ3n) is 3.98. The monoisotopic (exact) mass is 385 g/mol. The van der Waals surface area contributed by atoms with E-state index in [1.165, 1.54) is 6.20 Å². The average molecular weight is 386 g/mol. The smallest absolute Gasteiger partial charge is 0.255 e. The molecule has 0 unspecified atom stereocenters. The van der Waals surface area contributed by atoms with Gasteiger partial charge in [-0.05, 0) is 36.8 Å². The number of aromatic nitrogens is 2. The van der Waals surface area contributed by atoms with E-state index in [1.54, 1.807) is 19.2 Å². The molecule has 3 aromatic rings. The maximum atomic E-state index is 12.6. The highest BCUT2D eigenvalue weighted by Crippen LogP contribution is 2.28. The Morgan fingerprint density at radius 1 is 1.22 bits per heavy atom. The zero-order chi connectivity index (χ0) is 19.2. The van der Waals surface area contributed by atoms with Crippen LogP contribution in [-0.4, -0.2) is 29.8 Å². The zero-order valence-electron chi connectivity index (χ0n) is 15.1. The van der Waals surface area contributed by atoms with Crippen molar-refractivity contribution in [3.8, 4) is 22.8 Å². The van der Waals surface area contributed by atoms with Crippen LogP contribution in [0.25, 0.3) is 11.3 Å². The number of nitrogens with zero attached hydrogens (tertiary/aromatic N) is 1. The van der Waals surface area contributed by atoms with Gasteiger partial charge in [-0.2, -0.15) is 5.10 Å². The predicted octanol–water partition coefficient (Wildman–Crippen LogP) is 4.07. The van der Waals surface area contributed by atoms with Gasteiger partial charge in [-0.15, -0.1) is 0 Å². The van der Waals surface area contributed by atoms with E-state index in [0.717, 1.165) is 11.1 Å². The molecule has 0 aliphatic rings. The van der Waals surface area contributed by atoms with Crippen molar-refractivity contribution in [3.63, 3.8) is 0 Å². The number of rotatable bonds is 7. The van der Waals surface area contributed by atoms with Gasteiger partial charge in [0.25, 0.3) is 5.91 Å². The van der Waals surface area contributed by atoms with Crippen LogP contribution in [0.3, 0.4) is 0 Å². The second-order valence-corrected chi connectivity index (χ2v) is 6.21. The lowest BCUT2D eigenvalue weighted by molar-refractivity contribution is 0.0951. The molecule has 2 aromatic carbocycles. The van der Waals surface area contributed by atoms with Gasteiger partial charge in [0.1, 0.15) is 0 Å². The Balaban J connectivity index is 1.74. The summed E-state index contributed by atoms with van der Waals surface area (Å²) >= 11 is 6.04. The molecule has 0 aliphatic carbocycles. The first kappa shape index (κ1) is 18.8. The Morgan fingerprint density at radius 3 is 2.81 bits per heavy atom. The molecule has 0 saturated heterocycles. The molecule has 0 saturated carbocycles. The van der Waals surface area contributed by atoms with Crippen molar-refractivity contribution in [2.24, 2.45) is 0 Å². The van der Waals surface area contributed by atoms with Gasteiger partial charge in [0.05, 0.1) is 31.2 Å². The molecule has 1 heterocycles. The van der Waals surface area contributed by atoms with Crippen molar-refractivity contribution in [1.82, 2.24) is 15.5 Å². The topological polar surface area (TPSA) is 76.2 Å². The van der Waals surface area contributed by atoms with E-state index in [-0.39, 0.29) is 5.91 Å². The Labute approximate surface area is 162 Å². The summed E-state index contributed by atoms with van der Waals surface area (Å²) in [7, 11) is 1.59. The van der Waals surface area contributed by atoms with Crippen molar-refractivity contribution >= 4 is 17.5 Å². The van der Waals surface area contributed by atoms with E-state index in [9.17, 15) is 4.79 Å². The summed E-state index contributed by atoms with van der Waals surface area (Å²) in [6.45, 7) is 2.79. The van der Waals surface area contributed by atoms with E-state index in [2.05, 4.69) is 15.5 Å². The van der Waals surface area contributed by atoms with Crippen LogP contribution in [0.2, 0.25) is 5.02 Å². The molecule has 0 spiro atoms. The second kappa shape index (κ2) is 8.60. The molecule has 6 nitrogen and oxygen atoms in total. The first-order valence-corrected chi connectivity index (χ1v) is 8.87. The first-order chi connectivity index (χ1) is 13.1. The molecule has 27 heavy (non-hydrogen) atoms. The highest BCUT2D eigenvalue weighted by molar-refractivity contribution is 6.30. The van der Waals surface area contributed by atoms with E-state index < -0.39 is 0 Å². The van der Waals surface area contributed by atoms with Gasteiger partial charge in [-0.25, -0.2) is 0 Å². The molecule has 0 bridgehead atoms. The number of halogens is 1. The number of nitrogens with one attached hydrogen (secondary N) is 2. The Bertz CT molecular complexity index is 940. The molecule has 0 atom stereocenters. The molecular weight excluding hydrogens is 366 g/mol. The van der Waals surface area contributed by atoms with E-state index >= 15 is 0 Å². The minimum atomic E-state index is -0.229. The highest BCUT2D eigenvalue weighted by atomic mass is 35.5. The minimum absolute atomic E-state index is 0.229. The quantitative estimate of drug-likeness (QED) is 0.642. The summed E-state index contributed by atoms with van der Waals surface area (Å²) < 4.78 is 10.8. The Hall–Kier alpha value is -2.99. The molecule has 0 fully saturated rings. The molecule has 7 heteroatoms. The van der Waals surface area contributed by atoms with Gasteiger partial charge < -0.3 is 14.8 Å². The maximum Gasteiger partial charge on any atom is 0.255 e. The number of aromatic amines is 1. The van der Waals surface area contributed by atoms with Gasteiger partial charge in [0, 0.05) is 17.1 Å². The number of methoxy groups -OCH3 is 1. The fraction of sp³-hybridized carbons (Fsp3) is 0.200. The predicted molar refractivity (Wildman–Crippen MR) is 104 cm³/mol. The van der Waals surface area contributed by atoms with Crippen molar-refractivity contribution in [3.05, 3.63) is 64.8 Å². The number of benzene rings is 2. The molecular formula is C20H20ClN3O3. The number of hydrogen-bond acceptors (Lipinski definition) is 4. The second-order valence-electron chi connectivity index (χ2n) is 5.77. The van der Waals surface area contributed by atoms with Crippen LogP contribution in [-0.2, 0) is 6.54 Å². The standard InChI is InChI=1S/C20H20ClN3O3/c1-3-27-18-9-13(7-8-17(18)26-2)11-22-20(25)16-12-23-24-19(16)14-5-4-6-15(21)10-14/h4-10,12H,3,11H2,1-2H3,(H,22,25)(H,23,24). The van der Waals surface area contributed by atoms with E-state index in [4.69, 9.17) is 21.1 Å². The Kier molecular flexibility index (Phi) is 5.98. The minimum Gasteiger partial charge on any atom is -0.493 e. The molecule has 2 N–H and O–H groups in total. The molecule has 3 rings (SSSR count). The van der Waals surface area contributed by atoms with E-state index in [0.29, 0.717) is 40.9 Å². The summed E-state index contributed by atoms with van der Waals surface area (Å²) in [6, 6.07) is 12.8. The van der Waals surface area contributed by atoms with Crippen molar-refractivity contribution < 1.29 is 14.3 Å². The number of ether oxygens (including phenoxy) is 2. The van der Waals surface area contributed by atoms with Gasteiger partial charge in [-0.1, -0.05) is 29.8 Å². The summed E-state index contributed by atoms with van der Waals surface area (Å²) in [5, 5.41) is 10.4. The number of hydrogen-bond donors (Lipinski definition) is 2. The maximum absolute atomic E-state index is 12.6. The molecule has 0 aliphatic heterocycles. The van der Waals surface area contributed by atoms with E-state index in [1.807, 2.05) is 37.3 Å². The average Bonchev–Trinajstić information content (AvgIpc) is 3.16. The molecule has 1 aromatic heterocycles. The highest BCUT2D eigenvalue weighted by Gasteiger charge is 2.15. The van der Waals surface area contributed by atoms with Crippen LogP contribution >= 0.6 is 11.6 Å². The number of carbonyl (C=O) groups excluding carboxylic acids is 1. The fourth-order valence-corrected chi connectivity index (χ4v) is 2.89. The lowest BCUT2D eigenvalue weighted by Gasteiger charge is -2.12. The van der Waals surface area contributed by atoms with Gasteiger partial charge in [-0.3, -0.25) is 9.89 Å². The number of H-pyrrole nitrogens is 1. The van der Waals surface area contributed by atoms with Crippen LogP contribution < -0.4 is 14.8 Å². The third kappa shape index (κ3) is 4.41. The largest absolute Gasteiger partial charge is 0.493 e. The first-order valence-electron chi connectivity index (χ1n) is 8.49. The summed E-state index contributed by atoms with van der Waals surface area (Å²) in [6.07, 6.45) is 1.51. The van der Waals surface area contributed by atoms with Crippen LogP contribution in [0.1, 0.15) is 22.8 Å².